The number of hydrogen-bond donors (Lipinski definition) is 2. The van der Waals surface area contributed by atoms with Crippen LogP contribution in [0.4, 0.5) is 4.39 Å². The number of rotatable bonds is 5. The standard InChI is InChI=1S/C13H14FNO3/c1-2-7-15-13(18)10-5-3-9(8-11(10)14)4-6-12(16)17/h3-6,8H,2,7H2,1H3,(H,15,18)(H,16,17)/b6-4+. The van der Waals surface area contributed by atoms with Gasteiger partial charge in [0.2, 0.25) is 0 Å². The Labute approximate surface area is 104 Å². The van der Waals surface area contributed by atoms with Gasteiger partial charge in [-0.1, -0.05) is 13.0 Å². The fraction of sp³-hybridized carbons (Fsp3) is 0.231. The molecule has 18 heavy (non-hydrogen) atoms. The molecule has 2 N–H and O–H groups in total. The highest BCUT2D eigenvalue weighted by atomic mass is 19.1. The third-order valence-electron chi connectivity index (χ3n) is 2.19. The normalized spacial score (nSPS) is 10.6. The quantitative estimate of drug-likeness (QED) is 0.787. The van der Waals surface area contributed by atoms with E-state index in [1.165, 1.54) is 18.2 Å². The summed E-state index contributed by atoms with van der Waals surface area (Å²) in [7, 11) is 0. The average molecular weight is 251 g/mol. The fourth-order valence-electron chi connectivity index (χ4n) is 1.32. The van der Waals surface area contributed by atoms with Gasteiger partial charge in [0.1, 0.15) is 5.82 Å². The first kappa shape index (κ1) is 13.9. The molecule has 0 saturated heterocycles. The minimum Gasteiger partial charge on any atom is -0.478 e. The van der Waals surface area contributed by atoms with E-state index in [9.17, 15) is 14.0 Å². The maximum absolute atomic E-state index is 13.6. The number of benzene rings is 1. The van der Waals surface area contributed by atoms with Gasteiger partial charge in [-0.3, -0.25) is 4.79 Å². The Morgan fingerprint density at radius 1 is 1.44 bits per heavy atom. The minimum absolute atomic E-state index is 0.0454. The molecule has 1 amide bonds. The van der Waals surface area contributed by atoms with E-state index in [1.807, 2.05) is 6.92 Å². The van der Waals surface area contributed by atoms with E-state index < -0.39 is 17.7 Å². The van der Waals surface area contributed by atoms with Gasteiger partial charge in [0.05, 0.1) is 5.56 Å². The van der Waals surface area contributed by atoms with Gasteiger partial charge in [-0.05, 0) is 30.2 Å². The Hall–Kier alpha value is -2.17. The van der Waals surface area contributed by atoms with Gasteiger partial charge in [-0.15, -0.1) is 0 Å². The molecule has 0 spiro atoms. The Balaban J connectivity index is 2.85. The van der Waals surface area contributed by atoms with Crippen molar-refractivity contribution in [2.75, 3.05) is 6.54 Å². The molecule has 0 bridgehead atoms. The first-order valence-corrected chi connectivity index (χ1v) is 5.53. The van der Waals surface area contributed by atoms with Crippen LogP contribution in [-0.4, -0.2) is 23.5 Å². The molecule has 0 saturated carbocycles. The topological polar surface area (TPSA) is 66.4 Å². The van der Waals surface area contributed by atoms with Crippen LogP contribution in [0.25, 0.3) is 6.08 Å². The Morgan fingerprint density at radius 2 is 2.17 bits per heavy atom. The second-order valence-corrected chi connectivity index (χ2v) is 3.67. The van der Waals surface area contributed by atoms with E-state index in [0.717, 1.165) is 18.6 Å². The summed E-state index contributed by atoms with van der Waals surface area (Å²) in [6.45, 7) is 2.38. The molecule has 0 unspecified atom stereocenters. The SMILES string of the molecule is CCCNC(=O)c1ccc(/C=C/C(=O)O)cc1F. The highest BCUT2D eigenvalue weighted by Gasteiger charge is 2.10. The highest BCUT2D eigenvalue weighted by Crippen LogP contribution is 2.11. The number of aliphatic carboxylic acids is 1. The zero-order valence-electron chi connectivity index (χ0n) is 9.94. The van der Waals surface area contributed by atoms with Crippen LogP contribution in [0.2, 0.25) is 0 Å². The van der Waals surface area contributed by atoms with E-state index in [-0.39, 0.29) is 5.56 Å². The van der Waals surface area contributed by atoms with Crippen LogP contribution in [0.3, 0.4) is 0 Å². The van der Waals surface area contributed by atoms with E-state index >= 15 is 0 Å². The van der Waals surface area contributed by atoms with Gasteiger partial charge >= 0.3 is 5.97 Å². The largest absolute Gasteiger partial charge is 0.478 e. The number of nitrogens with one attached hydrogen (secondary N) is 1. The van der Waals surface area contributed by atoms with Crippen molar-refractivity contribution in [1.29, 1.82) is 0 Å². The molecule has 4 nitrogen and oxygen atoms in total. The molecule has 1 rings (SSSR count). The lowest BCUT2D eigenvalue weighted by molar-refractivity contribution is -0.131. The number of halogens is 1. The molecule has 5 heteroatoms. The van der Waals surface area contributed by atoms with Gasteiger partial charge in [-0.25, -0.2) is 9.18 Å². The van der Waals surface area contributed by atoms with Crippen LogP contribution in [-0.2, 0) is 4.79 Å². The van der Waals surface area contributed by atoms with Crippen molar-refractivity contribution in [2.45, 2.75) is 13.3 Å². The summed E-state index contributed by atoms with van der Waals surface area (Å²) < 4.78 is 13.6. The number of hydrogen-bond acceptors (Lipinski definition) is 2. The fourth-order valence-corrected chi connectivity index (χ4v) is 1.32. The van der Waals surface area contributed by atoms with Crippen LogP contribution in [0, 0.1) is 5.82 Å². The van der Waals surface area contributed by atoms with Crippen molar-refractivity contribution in [1.82, 2.24) is 5.32 Å². The van der Waals surface area contributed by atoms with Crippen LogP contribution in [0.15, 0.2) is 24.3 Å². The van der Waals surface area contributed by atoms with E-state index in [1.54, 1.807) is 0 Å². The lowest BCUT2D eigenvalue weighted by Crippen LogP contribution is -2.24. The molecular weight excluding hydrogens is 237 g/mol. The summed E-state index contributed by atoms with van der Waals surface area (Å²) in [6, 6.07) is 3.95. The van der Waals surface area contributed by atoms with Crippen molar-refractivity contribution < 1.29 is 19.1 Å². The van der Waals surface area contributed by atoms with Gasteiger partial charge in [0.15, 0.2) is 0 Å². The summed E-state index contributed by atoms with van der Waals surface area (Å²) in [5.74, 6) is -2.25. The van der Waals surface area contributed by atoms with Gasteiger partial charge < -0.3 is 10.4 Å². The maximum Gasteiger partial charge on any atom is 0.328 e. The molecule has 1 aromatic rings. The first-order chi connectivity index (χ1) is 8.54. The predicted molar refractivity (Wildman–Crippen MR) is 65.7 cm³/mol. The molecule has 96 valence electrons. The first-order valence-electron chi connectivity index (χ1n) is 5.53. The number of carbonyl (C=O) groups excluding carboxylic acids is 1. The summed E-state index contributed by atoms with van der Waals surface area (Å²) in [4.78, 5) is 21.8. The third kappa shape index (κ3) is 4.01. The van der Waals surface area contributed by atoms with Crippen molar-refractivity contribution in [3.05, 3.63) is 41.2 Å². The van der Waals surface area contributed by atoms with Crippen molar-refractivity contribution in [2.24, 2.45) is 0 Å². The number of carboxylic acid groups (broad SMARTS) is 1. The molecule has 0 aromatic heterocycles. The lowest BCUT2D eigenvalue weighted by Gasteiger charge is -2.05. The molecule has 0 aliphatic carbocycles. The predicted octanol–water partition coefficient (Wildman–Crippen LogP) is 2.06. The molecular formula is C13H14FNO3. The second-order valence-electron chi connectivity index (χ2n) is 3.67. The van der Waals surface area contributed by atoms with Crippen LogP contribution in [0.1, 0.15) is 29.3 Å². The summed E-state index contributed by atoms with van der Waals surface area (Å²) in [5, 5.41) is 11.0. The van der Waals surface area contributed by atoms with Gasteiger partial charge in [0.25, 0.3) is 5.91 Å². The average Bonchev–Trinajstić information content (AvgIpc) is 2.33. The Morgan fingerprint density at radius 3 is 2.72 bits per heavy atom. The Bertz CT molecular complexity index is 483. The zero-order chi connectivity index (χ0) is 13.5. The number of carboxylic acids is 1. The van der Waals surface area contributed by atoms with Crippen LogP contribution >= 0.6 is 0 Å². The smallest absolute Gasteiger partial charge is 0.328 e. The molecule has 0 aliphatic heterocycles. The molecule has 1 aromatic carbocycles. The van der Waals surface area contributed by atoms with E-state index in [4.69, 9.17) is 5.11 Å². The molecule has 0 heterocycles. The monoisotopic (exact) mass is 251 g/mol. The summed E-state index contributed by atoms with van der Waals surface area (Å²) in [6.07, 6.45) is 2.94. The van der Waals surface area contributed by atoms with Crippen molar-refractivity contribution in [3.8, 4) is 0 Å². The van der Waals surface area contributed by atoms with Crippen LogP contribution < -0.4 is 5.32 Å². The molecule has 0 atom stereocenters. The van der Waals surface area contributed by atoms with Gasteiger partial charge in [-0.2, -0.15) is 0 Å². The second kappa shape index (κ2) is 6.54. The lowest BCUT2D eigenvalue weighted by atomic mass is 10.1. The zero-order valence-corrected chi connectivity index (χ0v) is 9.94. The third-order valence-corrected chi connectivity index (χ3v) is 2.19. The van der Waals surface area contributed by atoms with E-state index in [0.29, 0.717) is 12.1 Å². The number of amides is 1. The highest BCUT2D eigenvalue weighted by molar-refractivity contribution is 5.94. The minimum atomic E-state index is -1.11. The van der Waals surface area contributed by atoms with Gasteiger partial charge in [0, 0.05) is 12.6 Å². The van der Waals surface area contributed by atoms with Crippen LogP contribution in [0.5, 0.6) is 0 Å². The molecule has 0 aliphatic rings. The van der Waals surface area contributed by atoms with Crippen molar-refractivity contribution in [3.63, 3.8) is 0 Å². The number of carbonyl (C=O) groups is 2. The maximum atomic E-state index is 13.6. The molecule has 0 fully saturated rings. The van der Waals surface area contributed by atoms with Crippen molar-refractivity contribution >= 4 is 18.0 Å². The molecule has 0 radical (unpaired) electrons. The van der Waals surface area contributed by atoms with E-state index in [2.05, 4.69) is 5.32 Å². The summed E-state index contributed by atoms with van der Waals surface area (Å²) in [5.41, 5.74) is 0.345. The Kier molecular flexibility index (Phi) is 5.05. The summed E-state index contributed by atoms with van der Waals surface area (Å²) >= 11 is 0.